The number of nitrogens with one attached hydrogen (secondary N) is 1. The van der Waals surface area contributed by atoms with E-state index in [0.717, 1.165) is 10.1 Å². The Balaban J connectivity index is 1.82. The molecule has 122 valence electrons. The molecule has 6 nitrogen and oxygen atoms in total. The number of anilines is 1. The van der Waals surface area contributed by atoms with Gasteiger partial charge in [0, 0.05) is 12.0 Å². The third kappa shape index (κ3) is 5.33. The quantitative estimate of drug-likeness (QED) is 0.447. The van der Waals surface area contributed by atoms with E-state index in [1.54, 1.807) is 36.0 Å². The van der Waals surface area contributed by atoms with Gasteiger partial charge in [-0.25, -0.2) is 0 Å². The van der Waals surface area contributed by atoms with Gasteiger partial charge in [0.25, 0.3) is 5.91 Å². The number of carbonyl (C=O) groups excluding carboxylic acids is 2. The third-order valence-corrected chi connectivity index (χ3v) is 4.64. The van der Waals surface area contributed by atoms with Crippen molar-refractivity contribution in [3.63, 3.8) is 0 Å². The van der Waals surface area contributed by atoms with Crippen LogP contribution in [0.3, 0.4) is 0 Å². The maximum absolute atomic E-state index is 11.8. The molecule has 0 spiro atoms. The fourth-order valence-electron chi connectivity index (χ4n) is 1.69. The fourth-order valence-corrected chi connectivity index (χ4v) is 3.35. The molecule has 0 bridgehead atoms. The van der Waals surface area contributed by atoms with Crippen LogP contribution in [0.5, 0.6) is 5.75 Å². The molecule has 2 rings (SSSR count). The predicted octanol–water partition coefficient (Wildman–Crippen LogP) is 3.26. The maximum Gasteiger partial charge on any atom is 0.264 e. The van der Waals surface area contributed by atoms with E-state index in [9.17, 15) is 9.59 Å². The molecule has 1 amide bonds. The standard InChI is InChI=1S/C15H17N3O3S2/c1-3-12(19)10-5-7-11(8-6-10)21-9-13(20)16-14-17-18-15(23-14)22-4-2/h5-8H,3-4,9H2,1-2H3,(H,16,17,20). The molecule has 0 unspecified atom stereocenters. The number of nitrogens with zero attached hydrogens (tertiary/aromatic N) is 2. The van der Waals surface area contributed by atoms with Gasteiger partial charge in [0.2, 0.25) is 5.13 Å². The number of hydrogen-bond donors (Lipinski definition) is 1. The van der Waals surface area contributed by atoms with Gasteiger partial charge in [-0.2, -0.15) is 0 Å². The molecule has 1 N–H and O–H groups in total. The Morgan fingerprint density at radius 2 is 1.96 bits per heavy atom. The molecular formula is C15H17N3O3S2. The van der Waals surface area contributed by atoms with Crippen molar-refractivity contribution in [1.29, 1.82) is 0 Å². The summed E-state index contributed by atoms with van der Waals surface area (Å²) in [5.41, 5.74) is 0.638. The normalized spacial score (nSPS) is 10.3. The van der Waals surface area contributed by atoms with Crippen LogP contribution in [0.2, 0.25) is 0 Å². The van der Waals surface area contributed by atoms with E-state index in [0.29, 0.717) is 22.9 Å². The zero-order valence-corrected chi connectivity index (χ0v) is 14.5. The van der Waals surface area contributed by atoms with Crippen molar-refractivity contribution in [2.75, 3.05) is 17.7 Å². The highest BCUT2D eigenvalue weighted by molar-refractivity contribution is 8.01. The Kier molecular flexibility index (Phi) is 6.54. The zero-order chi connectivity index (χ0) is 16.7. The highest BCUT2D eigenvalue weighted by atomic mass is 32.2. The molecule has 2 aromatic rings. The summed E-state index contributed by atoms with van der Waals surface area (Å²) >= 11 is 2.90. The molecule has 0 atom stereocenters. The maximum atomic E-state index is 11.8. The summed E-state index contributed by atoms with van der Waals surface area (Å²) in [5.74, 6) is 1.21. The first-order chi connectivity index (χ1) is 11.1. The Hall–Kier alpha value is -1.93. The summed E-state index contributed by atoms with van der Waals surface area (Å²) in [6, 6.07) is 6.74. The number of Topliss-reactive ketones (excluding diaryl/α,β-unsaturated/α-hetero) is 1. The lowest BCUT2D eigenvalue weighted by Crippen LogP contribution is -2.20. The number of carbonyl (C=O) groups is 2. The van der Waals surface area contributed by atoms with E-state index in [2.05, 4.69) is 15.5 Å². The number of rotatable bonds is 8. The summed E-state index contributed by atoms with van der Waals surface area (Å²) in [7, 11) is 0. The smallest absolute Gasteiger partial charge is 0.264 e. The summed E-state index contributed by atoms with van der Waals surface area (Å²) < 4.78 is 6.21. The first kappa shape index (κ1) is 17.4. The number of ether oxygens (including phenoxy) is 1. The molecule has 23 heavy (non-hydrogen) atoms. The van der Waals surface area contributed by atoms with Crippen LogP contribution in [0.15, 0.2) is 28.6 Å². The van der Waals surface area contributed by atoms with Gasteiger partial charge in [-0.3, -0.25) is 14.9 Å². The van der Waals surface area contributed by atoms with Crippen LogP contribution in [0.4, 0.5) is 5.13 Å². The Morgan fingerprint density at radius 3 is 2.61 bits per heavy atom. The van der Waals surface area contributed by atoms with Crippen molar-refractivity contribution in [2.45, 2.75) is 24.6 Å². The van der Waals surface area contributed by atoms with Gasteiger partial charge in [-0.1, -0.05) is 36.9 Å². The van der Waals surface area contributed by atoms with Crippen LogP contribution < -0.4 is 10.1 Å². The second kappa shape index (κ2) is 8.64. The van der Waals surface area contributed by atoms with Gasteiger partial charge in [-0.05, 0) is 30.0 Å². The molecule has 0 fully saturated rings. The van der Waals surface area contributed by atoms with E-state index in [1.807, 2.05) is 13.8 Å². The highest BCUT2D eigenvalue weighted by Gasteiger charge is 2.09. The number of benzene rings is 1. The minimum Gasteiger partial charge on any atom is -0.484 e. The van der Waals surface area contributed by atoms with Gasteiger partial charge in [0.05, 0.1) is 0 Å². The topological polar surface area (TPSA) is 81.2 Å². The van der Waals surface area contributed by atoms with E-state index < -0.39 is 0 Å². The summed E-state index contributed by atoms with van der Waals surface area (Å²) in [6.45, 7) is 3.71. The van der Waals surface area contributed by atoms with Crippen molar-refractivity contribution >= 4 is 39.9 Å². The second-order valence-corrected chi connectivity index (χ2v) is 6.93. The fraction of sp³-hybridized carbons (Fsp3) is 0.333. The van der Waals surface area contributed by atoms with Crippen LogP contribution in [0.1, 0.15) is 30.6 Å². The molecule has 0 radical (unpaired) electrons. The number of hydrogen-bond acceptors (Lipinski definition) is 7. The molecule has 8 heteroatoms. The van der Waals surface area contributed by atoms with Gasteiger partial charge in [0.1, 0.15) is 5.75 Å². The average molecular weight is 351 g/mol. The lowest BCUT2D eigenvalue weighted by molar-refractivity contribution is -0.118. The van der Waals surface area contributed by atoms with Crippen molar-refractivity contribution < 1.29 is 14.3 Å². The second-order valence-electron chi connectivity index (χ2n) is 4.44. The first-order valence-corrected chi connectivity index (χ1v) is 8.94. The number of amides is 1. The SMILES string of the molecule is CCSc1nnc(NC(=O)COc2ccc(C(=O)CC)cc2)s1. The number of ketones is 1. The first-order valence-electron chi connectivity index (χ1n) is 7.14. The van der Waals surface area contributed by atoms with Crippen molar-refractivity contribution in [1.82, 2.24) is 10.2 Å². The highest BCUT2D eigenvalue weighted by Crippen LogP contribution is 2.24. The Labute approximate surface area is 142 Å². The lowest BCUT2D eigenvalue weighted by atomic mass is 10.1. The van der Waals surface area contributed by atoms with Crippen LogP contribution in [-0.4, -0.2) is 34.2 Å². The third-order valence-electron chi connectivity index (χ3n) is 2.79. The van der Waals surface area contributed by atoms with E-state index >= 15 is 0 Å². The van der Waals surface area contributed by atoms with Gasteiger partial charge < -0.3 is 4.74 Å². The average Bonchev–Trinajstić information content (AvgIpc) is 3.00. The number of thioether (sulfide) groups is 1. The minimum absolute atomic E-state index is 0.0753. The molecule has 0 aliphatic rings. The van der Waals surface area contributed by atoms with Gasteiger partial charge >= 0.3 is 0 Å². The van der Waals surface area contributed by atoms with Crippen molar-refractivity contribution in [2.24, 2.45) is 0 Å². The molecular weight excluding hydrogens is 334 g/mol. The van der Waals surface area contributed by atoms with Crippen molar-refractivity contribution in [3.05, 3.63) is 29.8 Å². The lowest BCUT2D eigenvalue weighted by Gasteiger charge is -2.06. The van der Waals surface area contributed by atoms with E-state index in [-0.39, 0.29) is 18.3 Å². The van der Waals surface area contributed by atoms with Crippen LogP contribution in [-0.2, 0) is 4.79 Å². The number of aromatic nitrogens is 2. The predicted molar refractivity (Wildman–Crippen MR) is 91.5 cm³/mol. The minimum atomic E-state index is -0.303. The molecule has 0 aliphatic carbocycles. The Morgan fingerprint density at radius 1 is 1.22 bits per heavy atom. The summed E-state index contributed by atoms with van der Waals surface area (Å²) in [5, 5.41) is 10.9. The van der Waals surface area contributed by atoms with Crippen LogP contribution >= 0.6 is 23.1 Å². The van der Waals surface area contributed by atoms with E-state index in [1.165, 1.54) is 11.3 Å². The zero-order valence-electron chi connectivity index (χ0n) is 12.9. The summed E-state index contributed by atoms with van der Waals surface area (Å²) in [6.07, 6.45) is 0.461. The molecule has 0 saturated carbocycles. The van der Waals surface area contributed by atoms with Crippen LogP contribution in [0, 0.1) is 0 Å². The van der Waals surface area contributed by atoms with E-state index in [4.69, 9.17) is 4.74 Å². The summed E-state index contributed by atoms with van der Waals surface area (Å²) in [4.78, 5) is 23.3. The molecule has 1 aromatic carbocycles. The Bertz CT molecular complexity index is 671. The monoisotopic (exact) mass is 351 g/mol. The largest absolute Gasteiger partial charge is 0.484 e. The molecule has 0 aliphatic heterocycles. The van der Waals surface area contributed by atoms with Gasteiger partial charge in [-0.15, -0.1) is 10.2 Å². The van der Waals surface area contributed by atoms with Gasteiger partial charge in [0.15, 0.2) is 16.7 Å². The molecule has 0 saturated heterocycles. The van der Waals surface area contributed by atoms with Crippen molar-refractivity contribution in [3.8, 4) is 5.75 Å². The molecule has 1 aromatic heterocycles. The van der Waals surface area contributed by atoms with Crippen LogP contribution in [0.25, 0.3) is 0 Å². The molecule has 1 heterocycles.